The van der Waals surface area contributed by atoms with E-state index < -0.39 is 22.0 Å². The zero-order valence-electron chi connectivity index (χ0n) is 12.5. The minimum atomic E-state index is -4.00. The van der Waals surface area contributed by atoms with E-state index in [4.69, 9.17) is 5.11 Å². The Morgan fingerprint density at radius 1 is 1.22 bits per heavy atom. The Kier molecular flexibility index (Phi) is 5.03. The summed E-state index contributed by atoms with van der Waals surface area (Å²) in [6.45, 7) is 0.984. The Balaban J connectivity index is 2.33. The van der Waals surface area contributed by atoms with E-state index in [1.807, 2.05) is 0 Å². The molecule has 1 aliphatic rings. The SMILES string of the molecule is CC(=O)N1CCN(S(=O)(=O)c2ccc(CO)cc2)C(C(=O)O)C1. The lowest BCUT2D eigenvalue weighted by Crippen LogP contribution is -2.58. The average molecular weight is 342 g/mol. The first-order valence-corrected chi connectivity index (χ1v) is 8.41. The number of hydrogen-bond donors (Lipinski definition) is 2. The topological polar surface area (TPSA) is 115 Å². The Morgan fingerprint density at radius 3 is 2.30 bits per heavy atom. The van der Waals surface area contributed by atoms with E-state index in [9.17, 15) is 23.1 Å². The minimum absolute atomic E-state index is 0.0442. The fourth-order valence-corrected chi connectivity index (χ4v) is 4.01. The molecular formula is C14H18N2O6S. The van der Waals surface area contributed by atoms with Gasteiger partial charge in [0.2, 0.25) is 15.9 Å². The third-order valence-electron chi connectivity index (χ3n) is 3.77. The fraction of sp³-hybridized carbons (Fsp3) is 0.429. The van der Waals surface area contributed by atoms with Gasteiger partial charge in [-0.1, -0.05) is 12.1 Å². The van der Waals surface area contributed by atoms with Crippen molar-refractivity contribution in [3.8, 4) is 0 Å². The van der Waals surface area contributed by atoms with Gasteiger partial charge < -0.3 is 15.1 Å². The number of nitrogens with zero attached hydrogens (tertiary/aromatic N) is 2. The summed E-state index contributed by atoms with van der Waals surface area (Å²) in [5.41, 5.74) is 0.556. The Labute approximate surface area is 134 Å². The van der Waals surface area contributed by atoms with Crippen molar-refractivity contribution in [2.75, 3.05) is 19.6 Å². The van der Waals surface area contributed by atoms with Crippen molar-refractivity contribution in [1.29, 1.82) is 0 Å². The van der Waals surface area contributed by atoms with Gasteiger partial charge in [-0.2, -0.15) is 4.31 Å². The standard InChI is InChI=1S/C14H18N2O6S/c1-10(18)15-6-7-16(13(8-15)14(19)20)23(21,22)12-4-2-11(9-17)3-5-12/h2-5,13,17H,6-9H2,1H3,(H,19,20). The number of aliphatic carboxylic acids is 1. The number of carboxylic acids is 1. The molecule has 1 atom stereocenters. The van der Waals surface area contributed by atoms with Crippen LogP contribution in [0.1, 0.15) is 12.5 Å². The summed E-state index contributed by atoms with van der Waals surface area (Å²) in [6.07, 6.45) is 0. The minimum Gasteiger partial charge on any atom is -0.480 e. The van der Waals surface area contributed by atoms with Gasteiger partial charge in [-0.05, 0) is 17.7 Å². The van der Waals surface area contributed by atoms with Crippen LogP contribution in [0.4, 0.5) is 0 Å². The quantitative estimate of drug-likeness (QED) is 0.761. The Morgan fingerprint density at radius 2 is 1.83 bits per heavy atom. The van der Waals surface area contributed by atoms with E-state index in [1.54, 1.807) is 0 Å². The highest BCUT2D eigenvalue weighted by Crippen LogP contribution is 2.22. The molecule has 1 amide bonds. The summed E-state index contributed by atoms with van der Waals surface area (Å²) in [6, 6.07) is 4.27. The number of carboxylic acid groups (broad SMARTS) is 1. The van der Waals surface area contributed by atoms with Crippen LogP contribution in [0.3, 0.4) is 0 Å². The molecule has 1 unspecified atom stereocenters. The van der Waals surface area contributed by atoms with E-state index in [0.717, 1.165) is 4.31 Å². The van der Waals surface area contributed by atoms with Crippen LogP contribution in [0.2, 0.25) is 0 Å². The third kappa shape index (κ3) is 3.52. The highest BCUT2D eigenvalue weighted by atomic mass is 32.2. The summed E-state index contributed by atoms with van der Waals surface area (Å²) in [7, 11) is -4.00. The van der Waals surface area contributed by atoms with Crippen LogP contribution in [0.15, 0.2) is 29.2 Å². The summed E-state index contributed by atoms with van der Waals surface area (Å²) in [5.74, 6) is -1.59. The van der Waals surface area contributed by atoms with Gasteiger partial charge in [-0.3, -0.25) is 9.59 Å². The lowest BCUT2D eigenvalue weighted by Gasteiger charge is -2.38. The average Bonchev–Trinajstić information content (AvgIpc) is 2.54. The summed E-state index contributed by atoms with van der Waals surface area (Å²) < 4.78 is 26.3. The van der Waals surface area contributed by atoms with Gasteiger partial charge in [0, 0.05) is 26.6 Å². The van der Waals surface area contributed by atoms with Crippen LogP contribution >= 0.6 is 0 Å². The van der Waals surface area contributed by atoms with Crippen molar-refractivity contribution in [2.24, 2.45) is 0 Å². The molecule has 23 heavy (non-hydrogen) atoms. The predicted octanol–water partition coefficient (Wildman–Crippen LogP) is -0.515. The maximum atomic E-state index is 12.7. The molecule has 1 aromatic carbocycles. The fourth-order valence-electron chi connectivity index (χ4n) is 2.44. The predicted molar refractivity (Wildman–Crippen MR) is 79.9 cm³/mol. The van der Waals surface area contributed by atoms with Crippen molar-refractivity contribution < 1.29 is 28.2 Å². The molecule has 0 radical (unpaired) electrons. The first-order valence-electron chi connectivity index (χ1n) is 6.97. The number of aliphatic hydroxyl groups is 1. The molecule has 1 aliphatic heterocycles. The molecule has 2 rings (SSSR count). The molecule has 126 valence electrons. The van der Waals surface area contributed by atoms with E-state index >= 15 is 0 Å². The van der Waals surface area contributed by atoms with E-state index in [2.05, 4.69) is 0 Å². The van der Waals surface area contributed by atoms with Gasteiger partial charge in [0.25, 0.3) is 0 Å². The van der Waals surface area contributed by atoms with Crippen LogP contribution in [-0.4, -0.2) is 65.4 Å². The highest BCUT2D eigenvalue weighted by molar-refractivity contribution is 7.89. The van der Waals surface area contributed by atoms with Crippen molar-refractivity contribution in [3.63, 3.8) is 0 Å². The number of amides is 1. The first kappa shape index (κ1) is 17.4. The molecule has 1 heterocycles. The monoisotopic (exact) mass is 342 g/mol. The molecule has 1 fully saturated rings. The summed E-state index contributed by atoms with van der Waals surface area (Å²) >= 11 is 0. The number of aliphatic hydroxyl groups excluding tert-OH is 1. The van der Waals surface area contributed by atoms with Crippen LogP contribution in [0, 0.1) is 0 Å². The number of carbonyl (C=O) groups excluding carboxylic acids is 1. The number of hydrogen-bond acceptors (Lipinski definition) is 5. The highest BCUT2D eigenvalue weighted by Gasteiger charge is 2.40. The van der Waals surface area contributed by atoms with Crippen LogP contribution in [-0.2, 0) is 26.2 Å². The smallest absolute Gasteiger partial charge is 0.323 e. The molecule has 1 saturated heterocycles. The first-order chi connectivity index (χ1) is 10.8. The lowest BCUT2D eigenvalue weighted by atomic mass is 10.2. The van der Waals surface area contributed by atoms with Crippen LogP contribution < -0.4 is 0 Å². The molecule has 0 aliphatic carbocycles. The van der Waals surface area contributed by atoms with E-state index in [1.165, 1.54) is 36.1 Å². The molecular weight excluding hydrogens is 324 g/mol. The van der Waals surface area contributed by atoms with Gasteiger partial charge in [-0.25, -0.2) is 8.42 Å². The number of rotatable bonds is 4. The van der Waals surface area contributed by atoms with Gasteiger partial charge in [0.1, 0.15) is 6.04 Å². The molecule has 8 nitrogen and oxygen atoms in total. The zero-order chi connectivity index (χ0) is 17.2. The van der Waals surface area contributed by atoms with Gasteiger partial charge in [0.05, 0.1) is 11.5 Å². The number of benzene rings is 1. The second-order valence-electron chi connectivity index (χ2n) is 5.24. The zero-order valence-corrected chi connectivity index (χ0v) is 13.4. The van der Waals surface area contributed by atoms with Crippen molar-refractivity contribution in [3.05, 3.63) is 29.8 Å². The lowest BCUT2D eigenvalue weighted by molar-refractivity contribution is -0.145. The Bertz CT molecular complexity index is 700. The number of piperazine rings is 1. The number of sulfonamides is 1. The third-order valence-corrected chi connectivity index (χ3v) is 5.70. The molecule has 0 spiro atoms. The normalized spacial score (nSPS) is 19.6. The molecule has 9 heteroatoms. The van der Waals surface area contributed by atoms with Crippen LogP contribution in [0.5, 0.6) is 0 Å². The van der Waals surface area contributed by atoms with E-state index in [0.29, 0.717) is 5.56 Å². The van der Waals surface area contributed by atoms with Gasteiger partial charge in [0.15, 0.2) is 0 Å². The van der Waals surface area contributed by atoms with Crippen molar-refractivity contribution in [2.45, 2.75) is 24.5 Å². The van der Waals surface area contributed by atoms with Crippen molar-refractivity contribution >= 4 is 21.9 Å². The summed E-state index contributed by atoms with van der Waals surface area (Å²) in [5, 5.41) is 18.3. The van der Waals surface area contributed by atoms with E-state index in [-0.39, 0.29) is 37.0 Å². The maximum absolute atomic E-state index is 12.7. The maximum Gasteiger partial charge on any atom is 0.323 e. The largest absolute Gasteiger partial charge is 0.480 e. The van der Waals surface area contributed by atoms with Gasteiger partial charge in [-0.15, -0.1) is 0 Å². The molecule has 0 bridgehead atoms. The molecule has 0 aromatic heterocycles. The molecule has 0 saturated carbocycles. The second kappa shape index (κ2) is 6.65. The molecule has 2 N–H and O–H groups in total. The number of carbonyl (C=O) groups is 2. The Hall–Kier alpha value is -1.97. The van der Waals surface area contributed by atoms with Gasteiger partial charge >= 0.3 is 5.97 Å². The summed E-state index contributed by atoms with van der Waals surface area (Å²) in [4.78, 5) is 24.1. The van der Waals surface area contributed by atoms with Crippen LogP contribution in [0.25, 0.3) is 0 Å². The second-order valence-corrected chi connectivity index (χ2v) is 7.13. The van der Waals surface area contributed by atoms with Crippen molar-refractivity contribution in [1.82, 2.24) is 9.21 Å². The molecule has 1 aromatic rings.